The third-order valence-electron chi connectivity index (χ3n) is 4.05. The van der Waals surface area contributed by atoms with Gasteiger partial charge in [0.15, 0.2) is 6.61 Å². The molecule has 2 aromatic rings. The summed E-state index contributed by atoms with van der Waals surface area (Å²) in [6.45, 7) is 4.87. The molecule has 1 atom stereocenters. The third-order valence-corrected chi connectivity index (χ3v) is 4.05. The van der Waals surface area contributed by atoms with Crippen molar-refractivity contribution >= 4 is 16.9 Å². The summed E-state index contributed by atoms with van der Waals surface area (Å²) in [6, 6.07) is 8.80. The fraction of sp³-hybridized carbons (Fsp3) is 0.368. The lowest BCUT2D eigenvalue weighted by molar-refractivity contribution is 0.00652. The van der Waals surface area contributed by atoms with E-state index in [0.29, 0.717) is 36.8 Å². The minimum Gasteiger partial charge on any atom is -0.449 e. The highest BCUT2D eigenvalue weighted by molar-refractivity contribution is 5.92. The minimum atomic E-state index is -0.728. The first kappa shape index (κ1) is 17.2. The molecule has 1 aliphatic heterocycles. The van der Waals surface area contributed by atoms with Crippen LogP contribution in [0.1, 0.15) is 17.3 Å². The first-order chi connectivity index (χ1) is 12.1. The number of nitrogens with zero attached hydrogens (tertiary/aromatic N) is 1. The number of esters is 1. The zero-order valence-electron chi connectivity index (χ0n) is 14.0. The number of benzene rings is 1. The predicted molar refractivity (Wildman–Crippen MR) is 92.4 cm³/mol. The van der Waals surface area contributed by atoms with Crippen molar-refractivity contribution in [3.05, 3.63) is 46.3 Å². The molecule has 0 radical (unpaired) electrons. The van der Waals surface area contributed by atoms with E-state index in [4.69, 9.17) is 13.9 Å². The third kappa shape index (κ3) is 4.27. The average molecular weight is 341 g/mol. The number of hydrogen-bond acceptors (Lipinski definition) is 6. The van der Waals surface area contributed by atoms with Crippen LogP contribution < -0.4 is 5.63 Å². The highest BCUT2D eigenvalue weighted by atomic mass is 16.5. The molecule has 0 aliphatic carbocycles. The fourth-order valence-corrected chi connectivity index (χ4v) is 2.59. The lowest BCUT2D eigenvalue weighted by atomic mass is 10.2. The maximum absolute atomic E-state index is 12.0. The SMILES string of the molecule is CC1COCCN1CC#CCOC(=O)c1cc2ccccc2oc1=O. The van der Waals surface area contributed by atoms with Gasteiger partial charge in [0.1, 0.15) is 11.1 Å². The number of ether oxygens (including phenoxy) is 2. The molecule has 0 saturated carbocycles. The van der Waals surface area contributed by atoms with Crippen LogP contribution in [0.25, 0.3) is 11.0 Å². The normalized spacial score (nSPS) is 17.7. The Hall–Kier alpha value is -2.62. The summed E-state index contributed by atoms with van der Waals surface area (Å²) < 4.78 is 15.5. The van der Waals surface area contributed by atoms with Crippen LogP contribution >= 0.6 is 0 Å². The van der Waals surface area contributed by atoms with Gasteiger partial charge < -0.3 is 13.9 Å². The molecule has 6 nitrogen and oxygen atoms in total. The molecule has 3 rings (SSSR count). The summed E-state index contributed by atoms with van der Waals surface area (Å²) in [5.74, 6) is 5.05. The standard InChI is InChI=1S/C19H19NO5/c1-14-13-23-11-9-20(14)8-4-5-10-24-18(21)16-12-15-6-2-3-7-17(15)25-19(16)22/h2-3,6-7,12,14H,8-11,13H2,1H3. The zero-order valence-corrected chi connectivity index (χ0v) is 14.0. The molecule has 0 N–H and O–H groups in total. The summed E-state index contributed by atoms with van der Waals surface area (Å²) in [5, 5.41) is 0.668. The van der Waals surface area contributed by atoms with Crippen molar-refractivity contribution in [2.45, 2.75) is 13.0 Å². The summed E-state index contributed by atoms with van der Waals surface area (Å²) >= 11 is 0. The number of carbonyl (C=O) groups excluding carboxylic acids is 1. The van der Waals surface area contributed by atoms with Gasteiger partial charge in [0.2, 0.25) is 0 Å². The van der Waals surface area contributed by atoms with Crippen LogP contribution in [0.3, 0.4) is 0 Å². The molecule has 6 heteroatoms. The number of para-hydroxylation sites is 1. The van der Waals surface area contributed by atoms with Crippen molar-refractivity contribution in [2.75, 3.05) is 32.9 Å². The molecule has 2 heterocycles. The van der Waals surface area contributed by atoms with Crippen molar-refractivity contribution in [1.82, 2.24) is 4.90 Å². The van der Waals surface area contributed by atoms with Crippen molar-refractivity contribution in [3.63, 3.8) is 0 Å². The molecule has 1 aromatic carbocycles. The number of carbonyl (C=O) groups is 1. The van der Waals surface area contributed by atoms with E-state index in [0.717, 1.165) is 6.54 Å². The Morgan fingerprint density at radius 1 is 1.36 bits per heavy atom. The smallest absolute Gasteiger partial charge is 0.351 e. The van der Waals surface area contributed by atoms with Gasteiger partial charge in [0, 0.05) is 18.0 Å². The fourth-order valence-electron chi connectivity index (χ4n) is 2.59. The van der Waals surface area contributed by atoms with Crippen molar-refractivity contribution in [3.8, 4) is 11.8 Å². The van der Waals surface area contributed by atoms with E-state index in [2.05, 4.69) is 23.7 Å². The molecule has 1 saturated heterocycles. The van der Waals surface area contributed by atoms with Crippen LogP contribution in [-0.2, 0) is 9.47 Å². The first-order valence-corrected chi connectivity index (χ1v) is 8.12. The molecule has 130 valence electrons. The molecule has 0 bridgehead atoms. The lowest BCUT2D eigenvalue weighted by Gasteiger charge is -2.31. The number of fused-ring (bicyclic) bond motifs is 1. The minimum absolute atomic E-state index is 0.0657. The summed E-state index contributed by atoms with van der Waals surface area (Å²) in [5.41, 5.74) is -0.399. The number of morpholine rings is 1. The maximum atomic E-state index is 12.0. The first-order valence-electron chi connectivity index (χ1n) is 8.12. The van der Waals surface area contributed by atoms with E-state index < -0.39 is 11.6 Å². The monoisotopic (exact) mass is 341 g/mol. The summed E-state index contributed by atoms with van der Waals surface area (Å²) in [4.78, 5) is 26.1. The van der Waals surface area contributed by atoms with Gasteiger partial charge in [-0.1, -0.05) is 30.0 Å². The van der Waals surface area contributed by atoms with E-state index in [-0.39, 0.29) is 12.2 Å². The van der Waals surface area contributed by atoms with Gasteiger partial charge in [-0.05, 0) is 19.1 Å². The molecule has 1 aromatic heterocycles. The molecular weight excluding hydrogens is 322 g/mol. The van der Waals surface area contributed by atoms with Crippen LogP contribution in [-0.4, -0.2) is 49.8 Å². The predicted octanol–water partition coefficient (Wildman–Crippen LogP) is 1.67. The summed E-state index contributed by atoms with van der Waals surface area (Å²) in [7, 11) is 0. The zero-order chi connectivity index (χ0) is 17.6. The largest absolute Gasteiger partial charge is 0.449 e. The Bertz CT molecular complexity index is 876. The van der Waals surface area contributed by atoms with Gasteiger partial charge in [0.05, 0.1) is 19.8 Å². The van der Waals surface area contributed by atoms with E-state index in [1.54, 1.807) is 24.3 Å². The molecule has 1 aliphatic rings. The van der Waals surface area contributed by atoms with Crippen LogP contribution in [0.5, 0.6) is 0 Å². The second-order valence-corrected chi connectivity index (χ2v) is 5.81. The van der Waals surface area contributed by atoms with E-state index in [9.17, 15) is 9.59 Å². The van der Waals surface area contributed by atoms with Crippen molar-refractivity contribution in [2.24, 2.45) is 0 Å². The number of rotatable bonds is 3. The lowest BCUT2D eigenvalue weighted by Crippen LogP contribution is -2.43. The second kappa shape index (κ2) is 7.97. The Morgan fingerprint density at radius 2 is 2.20 bits per heavy atom. The molecule has 1 fully saturated rings. The van der Waals surface area contributed by atoms with E-state index in [1.807, 2.05) is 0 Å². The maximum Gasteiger partial charge on any atom is 0.351 e. The topological polar surface area (TPSA) is 69.0 Å². The van der Waals surface area contributed by atoms with Gasteiger partial charge in [-0.2, -0.15) is 0 Å². The molecule has 0 spiro atoms. The van der Waals surface area contributed by atoms with Crippen LogP contribution in [0.2, 0.25) is 0 Å². The van der Waals surface area contributed by atoms with Crippen molar-refractivity contribution in [1.29, 1.82) is 0 Å². The Labute approximate surface area is 145 Å². The highest BCUT2D eigenvalue weighted by Crippen LogP contribution is 2.13. The van der Waals surface area contributed by atoms with Crippen molar-refractivity contribution < 1.29 is 18.7 Å². The van der Waals surface area contributed by atoms with Gasteiger partial charge in [0.25, 0.3) is 0 Å². The molecule has 0 amide bonds. The molecule has 25 heavy (non-hydrogen) atoms. The average Bonchev–Trinajstić information content (AvgIpc) is 2.62. The summed E-state index contributed by atoms with van der Waals surface area (Å²) in [6.07, 6.45) is 0. The van der Waals surface area contributed by atoms with Crippen LogP contribution in [0.4, 0.5) is 0 Å². The van der Waals surface area contributed by atoms with Gasteiger partial charge in [-0.15, -0.1) is 0 Å². The number of hydrogen-bond donors (Lipinski definition) is 0. The van der Waals surface area contributed by atoms with Gasteiger partial charge >= 0.3 is 11.6 Å². The van der Waals surface area contributed by atoms with E-state index in [1.165, 1.54) is 6.07 Å². The second-order valence-electron chi connectivity index (χ2n) is 5.81. The Balaban J connectivity index is 1.57. The highest BCUT2D eigenvalue weighted by Gasteiger charge is 2.17. The van der Waals surface area contributed by atoms with Crippen LogP contribution in [0.15, 0.2) is 39.5 Å². The molecular formula is C19H19NO5. The van der Waals surface area contributed by atoms with Gasteiger partial charge in [-0.3, -0.25) is 4.90 Å². The quantitative estimate of drug-likeness (QED) is 0.481. The van der Waals surface area contributed by atoms with Gasteiger partial charge in [-0.25, -0.2) is 9.59 Å². The molecule has 1 unspecified atom stereocenters. The van der Waals surface area contributed by atoms with E-state index >= 15 is 0 Å². The Morgan fingerprint density at radius 3 is 3.04 bits per heavy atom. The Kier molecular flexibility index (Phi) is 5.49. The van der Waals surface area contributed by atoms with Crippen LogP contribution in [0, 0.1) is 11.8 Å².